The zero-order valence-corrected chi connectivity index (χ0v) is 23.1. The summed E-state index contributed by atoms with van der Waals surface area (Å²) in [7, 11) is 2.96. The number of allylic oxidation sites excluding steroid dienone is 2. The first-order valence-corrected chi connectivity index (χ1v) is 13.2. The van der Waals surface area contributed by atoms with Crippen molar-refractivity contribution < 1.29 is 37.3 Å². The van der Waals surface area contributed by atoms with E-state index in [0.717, 1.165) is 22.3 Å². The van der Waals surface area contributed by atoms with E-state index in [0.29, 0.717) is 54.7 Å². The summed E-state index contributed by atoms with van der Waals surface area (Å²) in [6.45, 7) is 3.93. The lowest BCUT2D eigenvalue weighted by Crippen LogP contribution is -2.42. The zero-order chi connectivity index (χ0) is 28.9. The molecule has 1 aliphatic carbocycles. The highest BCUT2D eigenvalue weighted by molar-refractivity contribution is 6.08. The van der Waals surface area contributed by atoms with Gasteiger partial charge in [0.2, 0.25) is 11.7 Å². The molecule has 1 saturated heterocycles. The molecule has 0 radical (unpaired) electrons. The van der Waals surface area contributed by atoms with Gasteiger partial charge in [0.1, 0.15) is 11.6 Å². The van der Waals surface area contributed by atoms with Crippen molar-refractivity contribution in [2.45, 2.75) is 19.9 Å². The van der Waals surface area contributed by atoms with Gasteiger partial charge in [-0.2, -0.15) is 0 Å². The second-order valence-electron chi connectivity index (χ2n) is 9.61. The number of amides is 2. The lowest BCUT2D eigenvalue weighted by Gasteiger charge is -2.26. The van der Waals surface area contributed by atoms with Gasteiger partial charge in [0.05, 0.1) is 46.7 Å². The predicted molar refractivity (Wildman–Crippen MR) is 150 cm³/mol. The van der Waals surface area contributed by atoms with E-state index in [2.05, 4.69) is 5.32 Å². The highest BCUT2D eigenvalue weighted by Gasteiger charge is 2.27. The summed E-state index contributed by atoms with van der Waals surface area (Å²) < 4.78 is 41.8. The van der Waals surface area contributed by atoms with Crippen LogP contribution < -0.4 is 19.5 Å². The molecule has 1 N–H and O–H groups in total. The van der Waals surface area contributed by atoms with Crippen LogP contribution >= 0.6 is 0 Å². The summed E-state index contributed by atoms with van der Waals surface area (Å²) in [4.78, 5) is 27.1. The Morgan fingerprint density at radius 3 is 2.44 bits per heavy atom. The number of furan rings is 1. The van der Waals surface area contributed by atoms with Gasteiger partial charge in [-0.25, -0.2) is 9.18 Å². The molecule has 0 atom stereocenters. The van der Waals surface area contributed by atoms with Crippen molar-refractivity contribution in [1.82, 2.24) is 10.2 Å². The van der Waals surface area contributed by atoms with Crippen LogP contribution in [0.15, 0.2) is 58.7 Å². The summed E-state index contributed by atoms with van der Waals surface area (Å²) >= 11 is 0. The Morgan fingerprint density at radius 2 is 1.78 bits per heavy atom. The number of methoxy groups -OCH3 is 2. The smallest absolute Gasteiger partial charge is 0.415 e. The van der Waals surface area contributed by atoms with E-state index in [4.69, 9.17) is 23.4 Å². The third-order valence-corrected chi connectivity index (χ3v) is 7.08. The van der Waals surface area contributed by atoms with Crippen LogP contribution in [-0.2, 0) is 16.1 Å². The minimum absolute atomic E-state index is 0.0728. The van der Waals surface area contributed by atoms with E-state index >= 15 is 0 Å². The molecule has 1 fully saturated rings. The van der Waals surface area contributed by atoms with Crippen molar-refractivity contribution in [3.05, 3.63) is 82.6 Å². The van der Waals surface area contributed by atoms with E-state index in [1.807, 2.05) is 13.0 Å². The number of benzene rings is 2. The molecule has 1 aliphatic heterocycles. The topological polar surface area (TPSA) is 99.5 Å². The van der Waals surface area contributed by atoms with Crippen molar-refractivity contribution in [2.75, 3.05) is 40.5 Å². The molecule has 5 rings (SSSR count). The molecule has 9 nitrogen and oxygen atoms in total. The molecule has 0 bridgehead atoms. The molecule has 2 heterocycles. The lowest BCUT2D eigenvalue weighted by atomic mass is 10.00. The highest BCUT2D eigenvalue weighted by atomic mass is 19.1. The van der Waals surface area contributed by atoms with E-state index in [1.54, 1.807) is 41.5 Å². The number of carbonyl (C=O) groups is 2. The van der Waals surface area contributed by atoms with Crippen LogP contribution in [0, 0.1) is 5.82 Å². The van der Waals surface area contributed by atoms with Crippen molar-refractivity contribution >= 4 is 29.2 Å². The van der Waals surface area contributed by atoms with Crippen LogP contribution in [-0.4, -0.2) is 57.4 Å². The number of rotatable bonds is 8. The third-order valence-electron chi connectivity index (χ3n) is 7.08. The Bertz CT molecular complexity index is 1480. The lowest BCUT2D eigenvalue weighted by molar-refractivity contribution is -0.120. The quantitative estimate of drug-likeness (QED) is 0.398. The first-order chi connectivity index (χ1) is 19.9. The summed E-state index contributed by atoms with van der Waals surface area (Å²) in [5.41, 5.74) is 4.58. The van der Waals surface area contributed by atoms with Gasteiger partial charge in [-0.15, -0.1) is 0 Å². The first-order valence-electron chi connectivity index (χ1n) is 13.2. The van der Waals surface area contributed by atoms with E-state index in [1.165, 1.54) is 26.4 Å². The van der Waals surface area contributed by atoms with Crippen molar-refractivity contribution in [2.24, 2.45) is 0 Å². The van der Waals surface area contributed by atoms with Crippen LogP contribution in [0.25, 0.3) is 17.2 Å². The van der Waals surface area contributed by atoms with Gasteiger partial charge in [0, 0.05) is 13.1 Å². The minimum atomic E-state index is -0.517. The minimum Gasteiger partial charge on any atom is -0.493 e. The molecule has 0 unspecified atom stereocenters. The van der Waals surface area contributed by atoms with Gasteiger partial charge in [-0.05, 0) is 82.8 Å². The van der Waals surface area contributed by atoms with Crippen molar-refractivity contribution in [3.63, 3.8) is 0 Å². The number of morpholine rings is 1. The van der Waals surface area contributed by atoms with Gasteiger partial charge in [0.25, 0.3) is 0 Å². The molecule has 1 aromatic heterocycles. The maximum absolute atomic E-state index is 14.3. The second-order valence-corrected chi connectivity index (χ2v) is 9.61. The Hall–Kier alpha value is -4.57. The van der Waals surface area contributed by atoms with Crippen LogP contribution in [0.5, 0.6) is 17.2 Å². The normalized spacial score (nSPS) is 15.6. The monoisotopic (exact) mass is 562 g/mol. The second kappa shape index (κ2) is 12.3. The Labute approximate surface area is 237 Å². The SMILES string of the molecule is COc1cc(/C=C2/C(C)=C(CC(=O)NCc3ccco3)c3cc(F)ccc32)cc(OC)c1OC(=O)N1CCOCC1. The van der Waals surface area contributed by atoms with Gasteiger partial charge in [0.15, 0.2) is 11.5 Å². The fourth-order valence-electron chi connectivity index (χ4n) is 4.95. The summed E-state index contributed by atoms with van der Waals surface area (Å²) in [6, 6.07) is 11.6. The average molecular weight is 563 g/mol. The number of hydrogen-bond acceptors (Lipinski definition) is 7. The molecule has 10 heteroatoms. The Morgan fingerprint density at radius 1 is 1.05 bits per heavy atom. The largest absolute Gasteiger partial charge is 0.493 e. The van der Waals surface area contributed by atoms with E-state index in [9.17, 15) is 14.0 Å². The first kappa shape index (κ1) is 28.0. The summed E-state index contributed by atoms with van der Waals surface area (Å²) in [5, 5.41) is 2.85. The van der Waals surface area contributed by atoms with E-state index in [-0.39, 0.29) is 30.4 Å². The third kappa shape index (κ3) is 6.12. The van der Waals surface area contributed by atoms with Crippen molar-refractivity contribution in [1.29, 1.82) is 0 Å². The zero-order valence-electron chi connectivity index (χ0n) is 23.1. The number of nitrogens with zero attached hydrogens (tertiary/aromatic N) is 1. The molecular weight excluding hydrogens is 531 g/mol. The summed E-state index contributed by atoms with van der Waals surface area (Å²) in [5.74, 6) is 0.847. The predicted octanol–water partition coefficient (Wildman–Crippen LogP) is 5.30. The van der Waals surface area contributed by atoms with Gasteiger partial charge < -0.3 is 33.6 Å². The molecular formula is C31H31FN2O7. The fourth-order valence-corrected chi connectivity index (χ4v) is 4.95. The molecule has 214 valence electrons. The molecule has 0 spiro atoms. The number of nitrogens with one attached hydrogen (secondary N) is 1. The number of halogens is 1. The summed E-state index contributed by atoms with van der Waals surface area (Å²) in [6.07, 6.45) is 3.02. The number of fused-ring (bicyclic) bond motifs is 1. The molecule has 41 heavy (non-hydrogen) atoms. The van der Waals surface area contributed by atoms with Gasteiger partial charge >= 0.3 is 6.09 Å². The number of hydrogen-bond donors (Lipinski definition) is 1. The van der Waals surface area contributed by atoms with E-state index < -0.39 is 6.09 Å². The maximum Gasteiger partial charge on any atom is 0.415 e. The van der Waals surface area contributed by atoms with Crippen LogP contribution in [0.3, 0.4) is 0 Å². The molecule has 3 aromatic rings. The van der Waals surface area contributed by atoms with Crippen LogP contribution in [0.2, 0.25) is 0 Å². The average Bonchev–Trinajstić information content (AvgIpc) is 3.59. The number of ether oxygens (including phenoxy) is 4. The Balaban J connectivity index is 1.45. The van der Waals surface area contributed by atoms with Gasteiger partial charge in [-0.1, -0.05) is 6.07 Å². The van der Waals surface area contributed by atoms with Crippen LogP contribution in [0.4, 0.5) is 9.18 Å². The molecule has 2 aromatic carbocycles. The fraction of sp³-hybridized carbons (Fsp3) is 0.290. The van der Waals surface area contributed by atoms with Gasteiger partial charge in [-0.3, -0.25) is 4.79 Å². The molecule has 2 aliphatic rings. The van der Waals surface area contributed by atoms with Crippen LogP contribution in [0.1, 0.15) is 35.8 Å². The number of carbonyl (C=O) groups excluding carboxylic acids is 2. The van der Waals surface area contributed by atoms with Crippen molar-refractivity contribution in [3.8, 4) is 17.2 Å². The highest BCUT2D eigenvalue weighted by Crippen LogP contribution is 2.45. The molecule has 0 saturated carbocycles. The Kier molecular flexibility index (Phi) is 8.39. The molecule has 2 amide bonds. The standard InChI is InChI=1S/C31H31FN2O7/c1-19-24(23-7-6-21(32)16-26(23)25(19)17-29(35)33-18-22-5-4-10-40-22)13-20-14-27(37-2)30(28(15-20)38-3)41-31(36)34-8-11-39-12-9-34/h4-7,10,13-16H,8-9,11-12,17-18H2,1-3H3,(H,33,35)/b24-13-. The maximum atomic E-state index is 14.3.